The van der Waals surface area contributed by atoms with Crippen LogP contribution in [0.4, 0.5) is 55.2 Å². The molecule has 8 rings (SSSR count). The summed E-state index contributed by atoms with van der Waals surface area (Å²) < 4.78 is 95.4. The van der Waals surface area contributed by atoms with Gasteiger partial charge in [-0.1, -0.05) is 19.1 Å². The van der Waals surface area contributed by atoms with Crippen molar-refractivity contribution < 1.29 is 45.4 Å². The van der Waals surface area contributed by atoms with E-state index in [9.17, 15) is 35.9 Å². The van der Waals surface area contributed by atoms with Crippen LogP contribution in [0.2, 0.25) is 0 Å². The maximum Gasteiger partial charge on any atom is 0.418 e. The highest BCUT2D eigenvalue weighted by atomic mass is 19.4. The molecule has 0 unspecified atom stereocenters. The Morgan fingerprint density at radius 3 is 1.65 bits per heavy atom. The Kier molecular flexibility index (Phi) is 11.6. The number of anilines is 5. The molecule has 0 spiro atoms. The molecule has 2 aromatic carbocycles. The summed E-state index contributed by atoms with van der Waals surface area (Å²) in [6.07, 6.45) is -5.78. The molecule has 15 nitrogen and oxygen atoms in total. The molecule has 21 heteroatoms. The third-order valence-corrected chi connectivity index (χ3v) is 9.46. The summed E-state index contributed by atoms with van der Waals surface area (Å²) in [5.74, 6) is 0.00567. The Hall–Kier alpha value is -6.48. The maximum absolute atomic E-state index is 13.6. The third-order valence-electron chi connectivity index (χ3n) is 9.46. The number of hydrogen-bond donors (Lipinski definition) is 5. The second-order valence-corrected chi connectivity index (χ2v) is 14.1. The fourth-order valence-corrected chi connectivity index (χ4v) is 6.60. The van der Waals surface area contributed by atoms with Gasteiger partial charge in [0.1, 0.15) is 28.6 Å². The highest BCUT2D eigenvalue weighted by molar-refractivity contribution is 6.01. The van der Waals surface area contributed by atoms with E-state index in [0.717, 1.165) is 12.1 Å². The summed E-state index contributed by atoms with van der Waals surface area (Å²) in [5, 5.41) is 22.5. The summed E-state index contributed by atoms with van der Waals surface area (Å²) in [5.41, 5.74) is 0.825. The Morgan fingerprint density at radius 2 is 1.18 bits per heavy atom. The van der Waals surface area contributed by atoms with Crippen molar-refractivity contribution in [2.45, 2.75) is 64.8 Å². The standard InChI is InChI=1S/C20H20F3N5O2.C19H19F3N6O2/c1-3-13-7-17-26-16-6-12(4-5-15(16)20(21,22)23)10-30-9-11(2)25-19(29)14-8-24-28(13)18(14)27-17;1-10-8-30-9-11-3-4-13(19(20,21)22)14(5-11)26-15-6-16(23-2)28-17(27-15)12(7-24-28)18(29)25-10/h4-8,11H,3,9-10H2,1-2H3,(H,25,29)(H,26,27);3-7,10,23H,8-9H2,1-2H3,(H,25,29)(H,26,27)/t11-;10-/m11/s1. The summed E-state index contributed by atoms with van der Waals surface area (Å²) in [6, 6.07) is 10.1. The van der Waals surface area contributed by atoms with E-state index in [1.807, 2.05) is 6.92 Å². The molecule has 0 radical (unpaired) electrons. The summed E-state index contributed by atoms with van der Waals surface area (Å²) >= 11 is 0. The number of benzene rings is 2. The molecule has 2 aliphatic heterocycles. The average molecular weight is 840 g/mol. The Bertz CT molecular complexity index is 2400. The van der Waals surface area contributed by atoms with E-state index in [1.165, 1.54) is 51.8 Å². The van der Waals surface area contributed by atoms with Crippen LogP contribution in [0.15, 0.2) is 60.9 Å². The first-order chi connectivity index (χ1) is 28.5. The predicted molar refractivity (Wildman–Crippen MR) is 208 cm³/mol. The first kappa shape index (κ1) is 41.7. The number of amides is 2. The topological polar surface area (TPSA) is 173 Å². The number of ether oxygens (including phenoxy) is 2. The third kappa shape index (κ3) is 8.90. The van der Waals surface area contributed by atoms with Crippen molar-refractivity contribution in [2.24, 2.45) is 0 Å². The number of fused-ring (bicyclic) bond motifs is 6. The largest absolute Gasteiger partial charge is 0.418 e. The van der Waals surface area contributed by atoms with E-state index in [0.29, 0.717) is 29.1 Å². The van der Waals surface area contributed by atoms with Crippen molar-refractivity contribution in [3.63, 3.8) is 0 Å². The molecule has 2 atom stereocenters. The van der Waals surface area contributed by atoms with Crippen LogP contribution in [0.3, 0.4) is 0 Å². The molecule has 0 saturated carbocycles. The van der Waals surface area contributed by atoms with Crippen molar-refractivity contribution in [3.05, 3.63) is 100.0 Å². The molecule has 6 aromatic rings. The number of hydrogen-bond acceptors (Lipinski definition) is 11. The number of nitrogens with zero attached hydrogens (tertiary/aromatic N) is 6. The lowest BCUT2D eigenvalue weighted by atomic mass is 10.1. The summed E-state index contributed by atoms with van der Waals surface area (Å²) in [6.45, 7) is 6.04. The molecule has 0 aliphatic carbocycles. The number of halogens is 6. The zero-order valence-electron chi connectivity index (χ0n) is 32.5. The smallest absolute Gasteiger partial charge is 0.375 e. The number of nitrogens with one attached hydrogen (secondary N) is 5. The maximum atomic E-state index is 13.6. The summed E-state index contributed by atoms with van der Waals surface area (Å²) in [4.78, 5) is 34.1. The zero-order valence-corrected chi connectivity index (χ0v) is 32.5. The van der Waals surface area contributed by atoms with Gasteiger partial charge in [-0.05, 0) is 55.7 Å². The van der Waals surface area contributed by atoms with Gasteiger partial charge in [0.15, 0.2) is 11.3 Å². The Labute approximate surface area is 337 Å². The van der Waals surface area contributed by atoms with Crippen LogP contribution < -0.4 is 26.6 Å². The molecule has 0 fully saturated rings. The van der Waals surface area contributed by atoms with Gasteiger partial charge in [-0.15, -0.1) is 0 Å². The minimum absolute atomic E-state index is 0.0975. The normalized spacial score (nSPS) is 17.4. The van der Waals surface area contributed by atoms with Gasteiger partial charge < -0.3 is 36.1 Å². The van der Waals surface area contributed by atoms with Crippen molar-refractivity contribution in [3.8, 4) is 0 Å². The quantitative estimate of drug-likeness (QED) is 0.115. The van der Waals surface area contributed by atoms with E-state index in [1.54, 1.807) is 27.0 Å². The number of carbonyl (C=O) groups excluding carboxylic acids is 2. The Balaban J connectivity index is 0.000000181. The lowest BCUT2D eigenvalue weighted by molar-refractivity contribution is -0.137. The molecule has 316 valence electrons. The Morgan fingerprint density at radius 1 is 0.717 bits per heavy atom. The fourth-order valence-electron chi connectivity index (χ4n) is 6.60. The number of alkyl halides is 6. The van der Waals surface area contributed by atoms with E-state index in [-0.39, 0.29) is 89.9 Å². The molecule has 5 N–H and O–H groups in total. The van der Waals surface area contributed by atoms with Crippen LogP contribution >= 0.6 is 0 Å². The van der Waals surface area contributed by atoms with Crippen LogP contribution in [-0.2, 0) is 41.5 Å². The molecule has 4 aromatic heterocycles. The van der Waals surface area contributed by atoms with Crippen molar-refractivity contribution in [1.82, 2.24) is 39.8 Å². The monoisotopic (exact) mass is 839 g/mol. The SMILES string of the molecule is CCc1cc2nc3c(cnn13)C(=O)N[C@H](C)COCc1ccc(C(F)(F)F)c(c1)N2.CNc1cc2nc3c(cnn13)C(=O)N[C@H](C)COCc1ccc(C(F)(F)F)c(c1)N2. The average Bonchev–Trinajstić information content (AvgIpc) is 3.81. The second-order valence-electron chi connectivity index (χ2n) is 14.1. The first-order valence-corrected chi connectivity index (χ1v) is 18.7. The van der Waals surface area contributed by atoms with Crippen LogP contribution in [0, 0.1) is 0 Å². The van der Waals surface area contributed by atoms with Crippen LogP contribution in [0.1, 0.15) is 69.4 Å². The van der Waals surface area contributed by atoms with Gasteiger partial charge in [0, 0.05) is 37.0 Å². The van der Waals surface area contributed by atoms with E-state index >= 15 is 0 Å². The highest BCUT2D eigenvalue weighted by Gasteiger charge is 2.35. The molecule has 8 bridgehead atoms. The van der Waals surface area contributed by atoms with Gasteiger partial charge in [-0.3, -0.25) is 9.59 Å². The van der Waals surface area contributed by atoms with Gasteiger partial charge >= 0.3 is 12.4 Å². The van der Waals surface area contributed by atoms with Crippen LogP contribution in [0.5, 0.6) is 0 Å². The van der Waals surface area contributed by atoms with Crippen molar-refractivity contribution in [2.75, 3.05) is 36.2 Å². The summed E-state index contributed by atoms with van der Waals surface area (Å²) in [7, 11) is 1.64. The number of rotatable bonds is 2. The fraction of sp³-hybridized carbons (Fsp3) is 0.333. The minimum Gasteiger partial charge on any atom is -0.375 e. The van der Waals surface area contributed by atoms with Gasteiger partial charge in [0.05, 0.1) is 61.3 Å². The second kappa shape index (κ2) is 16.6. The van der Waals surface area contributed by atoms with Gasteiger partial charge in [-0.2, -0.15) is 41.1 Å². The molecule has 60 heavy (non-hydrogen) atoms. The van der Waals surface area contributed by atoms with Gasteiger partial charge in [0.2, 0.25) is 0 Å². The number of aryl methyl sites for hydroxylation is 1. The van der Waals surface area contributed by atoms with E-state index in [4.69, 9.17) is 9.47 Å². The van der Waals surface area contributed by atoms with Gasteiger partial charge in [-0.25, -0.2) is 14.5 Å². The molecular weight excluding hydrogens is 800 g/mol. The highest BCUT2D eigenvalue weighted by Crippen LogP contribution is 2.38. The lowest BCUT2D eigenvalue weighted by Gasteiger charge is -2.18. The van der Waals surface area contributed by atoms with Crippen molar-refractivity contribution in [1.29, 1.82) is 0 Å². The molecule has 2 amide bonds. The lowest BCUT2D eigenvalue weighted by Crippen LogP contribution is -2.36. The predicted octanol–water partition coefficient (Wildman–Crippen LogP) is 6.88. The minimum atomic E-state index is -4.56. The number of carbonyl (C=O) groups is 2. The molecular formula is C39H39F6N11O4. The number of aromatic nitrogens is 6. The van der Waals surface area contributed by atoms with Crippen LogP contribution in [-0.4, -0.2) is 73.4 Å². The van der Waals surface area contributed by atoms with Gasteiger partial charge in [0.25, 0.3) is 11.8 Å². The molecule has 6 heterocycles. The van der Waals surface area contributed by atoms with Crippen molar-refractivity contribution >= 4 is 51.9 Å². The molecule has 0 saturated heterocycles. The molecule has 2 aliphatic rings. The van der Waals surface area contributed by atoms with E-state index < -0.39 is 29.4 Å². The zero-order chi connectivity index (χ0) is 42.9. The first-order valence-electron chi connectivity index (χ1n) is 18.7. The van der Waals surface area contributed by atoms with E-state index in [2.05, 4.69) is 46.7 Å². The van der Waals surface area contributed by atoms with Crippen LogP contribution in [0.25, 0.3) is 11.3 Å².